The van der Waals surface area contributed by atoms with Crippen molar-refractivity contribution in [2.45, 2.75) is 78.2 Å². The molecule has 1 N–H and O–H groups in total. The lowest BCUT2D eigenvalue weighted by Crippen LogP contribution is -2.32. The Morgan fingerprint density at radius 2 is 1.94 bits per heavy atom. The fourth-order valence-electron chi connectivity index (χ4n) is 2.79. The number of nitrogens with one attached hydrogen (secondary N) is 1. The third-order valence-corrected chi connectivity index (χ3v) is 4.24. The van der Waals surface area contributed by atoms with Gasteiger partial charge in [-0.2, -0.15) is 0 Å². The van der Waals surface area contributed by atoms with Crippen LogP contribution in [0.4, 0.5) is 0 Å². The van der Waals surface area contributed by atoms with Crippen LogP contribution in [0.25, 0.3) is 0 Å². The van der Waals surface area contributed by atoms with Gasteiger partial charge in [0.25, 0.3) is 0 Å². The second-order valence-electron chi connectivity index (χ2n) is 5.78. The van der Waals surface area contributed by atoms with Gasteiger partial charge in [0, 0.05) is 6.04 Å². The van der Waals surface area contributed by atoms with Gasteiger partial charge in [0.1, 0.15) is 0 Å². The minimum absolute atomic E-state index is 0.816. The van der Waals surface area contributed by atoms with Gasteiger partial charge in [0.2, 0.25) is 0 Å². The molecule has 3 unspecified atom stereocenters. The Labute approximate surface area is 102 Å². The summed E-state index contributed by atoms with van der Waals surface area (Å²) in [5.41, 5.74) is 0. The zero-order chi connectivity index (χ0) is 11.8. The van der Waals surface area contributed by atoms with Gasteiger partial charge in [0.05, 0.1) is 0 Å². The van der Waals surface area contributed by atoms with Crippen LogP contribution in [0.3, 0.4) is 0 Å². The maximum atomic E-state index is 3.77. The topological polar surface area (TPSA) is 12.0 Å². The zero-order valence-corrected chi connectivity index (χ0v) is 11.6. The summed E-state index contributed by atoms with van der Waals surface area (Å²) in [5, 5.41) is 3.77. The molecular formula is C15H31N. The number of hydrogen-bond donors (Lipinski definition) is 1. The fourth-order valence-corrected chi connectivity index (χ4v) is 2.79. The van der Waals surface area contributed by atoms with E-state index in [0.717, 1.165) is 17.9 Å². The molecule has 3 atom stereocenters. The molecule has 1 heteroatoms. The molecule has 0 spiro atoms. The van der Waals surface area contributed by atoms with Gasteiger partial charge in [-0.25, -0.2) is 0 Å². The van der Waals surface area contributed by atoms with Gasteiger partial charge < -0.3 is 5.32 Å². The molecular weight excluding hydrogens is 194 g/mol. The first-order valence-electron chi connectivity index (χ1n) is 7.49. The first-order chi connectivity index (χ1) is 7.76. The second kappa shape index (κ2) is 8.11. The average molecular weight is 225 g/mol. The molecule has 16 heavy (non-hydrogen) atoms. The first kappa shape index (κ1) is 14.0. The van der Waals surface area contributed by atoms with Crippen LogP contribution < -0.4 is 5.32 Å². The molecule has 1 nitrogen and oxygen atoms in total. The fraction of sp³-hybridized carbons (Fsp3) is 1.00. The lowest BCUT2D eigenvalue weighted by Gasteiger charge is -2.19. The van der Waals surface area contributed by atoms with Crippen LogP contribution in [0.5, 0.6) is 0 Å². The monoisotopic (exact) mass is 225 g/mol. The normalized spacial score (nSPS) is 28.7. The van der Waals surface area contributed by atoms with Crippen LogP contribution >= 0.6 is 0 Å². The minimum Gasteiger partial charge on any atom is -0.314 e. The highest BCUT2D eigenvalue weighted by molar-refractivity contribution is 4.75. The highest BCUT2D eigenvalue weighted by atomic mass is 14.9. The van der Waals surface area contributed by atoms with E-state index in [2.05, 4.69) is 26.1 Å². The van der Waals surface area contributed by atoms with Crippen molar-refractivity contribution in [3.05, 3.63) is 0 Å². The van der Waals surface area contributed by atoms with E-state index < -0.39 is 0 Å². The summed E-state index contributed by atoms with van der Waals surface area (Å²) in [6.45, 7) is 8.18. The molecule has 0 heterocycles. The SMILES string of the molecule is CCCC1CCCC(NCC(C)CC)CC1. The largest absolute Gasteiger partial charge is 0.314 e. The smallest absolute Gasteiger partial charge is 0.00672 e. The molecule has 1 fully saturated rings. The Hall–Kier alpha value is -0.0400. The van der Waals surface area contributed by atoms with Crippen LogP contribution in [0.15, 0.2) is 0 Å². The maximum Gasteiger partial charge on any atom is 0.00672 e. The molecule has 0 bridgehead atoms. The van der Waals surface area contributed by atoms with E-state index in [0.29, 0.717) is 0 Å². The molecule has 0 saturated heterocycles. The molecule has 96 valence electrons. The van der Waals surface area contributed by atoms with E-state index in [-0.39, 0.29) is 0 Å². The molecule has 0 aromatic carbocycles. The van der Waals surface area contributed by atoms with Crippen LogP contribution in [-0.2, 0) is 0 Å². The van der Waals surface area contributed by atoms with Crippen LogP contribution in [0, 0.1) is 11.8 Å². The predicted molar refractivity (Wildman–Crippen MR) is 72.7 cm³/mol. The summed E-state index contributed by atoms with van der Waals surface area (Å²) < 4.78 is 0. The van der Waals surface area contributed by atoms with Gasteiger partial charge in [-0.15, -0.1) is 0 Å². The van der Waals surface area contributed by atoms with Crippen molar-refractivity contribution in [1.82, 2.24) is 5.32 Å². The van der Waals surface area contributed by atoms with Gasteiger partial charge in [0.15, 0.2) is 0 Å². The van der Waals surface area contributed by atoms with E-state index in [1.165, 1.54) is 57.9 Å². The molecule has 0 aliphatic heterocycles. The highest BCUT2D eigenvalue weighted by Gasteiger charge is 2.18. The quantitative estimate of drug-likeness (QED) is 0.662. The van der Waals surface area contributed by atoms with E-state index in [9.17, 15) is 0 Å². The van der Waals surface area contributed by atoms with Crippen molar-refractivity contribution >= 4 is 0 Å². The minimum atomic E-state index is 0.816. The van der Waals surface area contributed by atoms with Gasteiger partial charge in [-0.3, -0.25) is 0 Å². The van der Waals surface area contributed by atoms with Gasteiger partial charge in [-0.1, -0.05) is 52.9 Å². The average Bonchev–Trinajstić information content (AvgIpc) is 2.52. The van der Waals surface area contributed by atoms with Gasteiger partial charge in [-0.05, 0) is 37.6 Å². The molecule has 0 amide bonds. The van der Waals surface area contributed by atoms with E-state index in [1.807, 2.05) is 0 Å². The molecule has 1 rings (SSSR count). The summed E-state index contributed by atoms with van der Waals surface area (Å²) >= 11 is 0. The van der Waals surface area contributed by atoms with Crippen molar-refractivity contribution < 1.29 is 0 Å². The Morgan fingerprint density at radius 3 is 2.62 bits per heavy atom. The van der Waals surface area contributed by atoms with Crippen molar-refractivity contribution in [3.63, 3.8) is 0 Å². The van der Waals surface area contributed by atoms with Crippen molar-refractivity contribution in [2.24, 2.45) is 11.8 Å². The lowest BCUT2D eigenvalue weighted by atomic mass is 9.95. The summed E-state index contributed by atoms with van der Waals surface area (Å²) in [6.07, 6.45) is 11.4. The summed E-state index contributed by atoms with van der Waals surface area (Å²) in [7, 11) is 0. The third-order valence-electron chi connectivity index (χ3n) is 4.24. The third kappa shape index (κ3) is 5.34. The van der Waals surface area contributed by atoms with Crippen LogP contribution in [0.2, 0.25) is 0 Å². The van der Waals surface area contributed by atoms with Crippen LogP contribution in [0.1, 0.15) is 72.1 Å². The highest BCUT2D eigenvalue weighted by Crippen LogP contribution is 2.26. The summed E-state index contributed by atoms with van der Waals surface area (Å²) in [5.74, 6) is 1.87. The molecule has 1 aliphatic carbocycles. The summed E-state index contributed by atoms with van der Waals surface area (Å²) in [6, 6.07) is 0.816. The number of hydrogen-bond acceptors (Lipinski definition) is 1. The van der Waals surface area contributed by atoms with E-state index in [4.69, 9.17) is 0 Å². The molecule has 0 aromatic heterocycles. The Bertz CT molecular complexity index is 167. The van der Waals surface area contributed by atoms with Crippen molar-refractivity contribution in [1.29, 1.82) is 0 Å². The molecule has 1 aliphatic rings. The standard InChI is InChI=1S/C15H31N/c1-4-7-14-8-6-9-15(11-10-14)16-12-13(3)5-2/h13-16H,4-12H2,1-3H3. The number of rotatable bonds is 6. The van der Waals surface area contributed by atoms with E-state index in [1.54, 1.807) is 0 Å². The molecule has 0 radical (unpaired) electrons. The maximum absolute atomic E-state index is 3.77. The van der Waals surface area contributed by atoms with Gasteiger partial charge >= 0.3 is 0 Å². The van der Waals surface area contributed by atoms with Crippen molar-refractivity contribution in [3.8, 4) is 0 Å². The Kier molecular flexibility index (Phi) is 7.11. The molecule has 0 aromatic rings. The van der Waals surface area contributed by atoms with Crippen LogP contribution in [-0.4, -0.2) is 12.6 Å². The Morgan fingerprint density at radius 1 is 1.12 bits per heavy atom. The summed E-state index contributed by atoms with van der Waals surface area (Å²) in [4.78, 5) is 0. The van der Waals surface area contributed by atoms with Crippen molar-refractivity contribution in [2.75, 3.05) is 6.54 Å². The first-order valence-corrected chi connectivity index (χ1v) is 7.49. The zero-order valence-electron chi connectivity index (χ0n) is 11.6. The second-order valence-corrected chi connectivity index (χ2v) is 5.78. The lowest BCUT2D eigenvalue weighted by molar-refractivity contribution is 0.391. The van der Waals surface area contributed by atoms with E-state index >= 15 is 0 Å². The predicted octanol–water partition coefficient (Wildman–Crippen LogP) is 4.37. The Balaban J connectivity index is 2.19. The molecule has 1 saturated carbocycles.